The van der Waals surface area contributed by atoms with Crippen molar-refractivity contribution >= 4 is 29.2 Å². The molecule has 3 rings (SSSR count). The Morgan fingerprint density at radius 1 is 1.33 bits per heavy atom. The average Bonchev–Trinajstić information content (AvgIpc) is 2.99. The molecule has 0 fully saturated rings. The summed E-state index contributed by atoms with van der Waals surface area (Å²) in [7, 11) is 1.35. The largest absolute Gasteiger partial charge is 0.464 e. The van der Waals surface area contributed by atoms with E-state index in [0.717, 1.165) is 29.7 Å². The number of hydrogen-bond acceptors (Lipinski definition) is 2. The van der Waals surface area contributed by atoms with Crippen LogP contribution < -0.4 is 0 Å². The molecule has 0 aliphatic heterocycles. The Hall–Kier alpha value is -2.07. The lowest BCUT2D eigenvalue weighted by molar-refractivity contribution is 0.0594. The first-order chi connectivity index (χ1) is 10.1. The molecule has 1 aromatic carbocycles. The number of benzene rings is 1. The minimum absolute atomic E-state index is 0.364. The molecule has 3 nitrogen and oxygen atoms in total. The lowest BCUT2D eigenvalue weighted by Crippen LogP contribution is -2.01. The van der Waals surface area contributed by atoms with Gasteiger partial charge in [0.05, 0.1) is 7.11 Å². The zero-order valence-corrected chi connectivity index (χ0v) is 12.1. The molecule has 21 heavy (non-hydrogen) atoms. The summed E-state index contributed by atoms with van der Waals surface area (Å²) in [5.74, 6) is -0.755. The molecule has 0 spiro atoms. The molecule has 2 aromatic rings. The summed E-state index contributed by atoms with van der Waals surface area (Å²) in [5, 5.41) is 0.365. The Balaban J connectivity index is 1.98. The number of ether oxygens (including phenoxy) is 1. The van der Waals surface area contributed by atoms with Crippen LogP contribution in [0.15, 0.2) is 24.3 Å². The highest BCUT2D eigenvalue weighted by Crippen LogP contribution is 2.34. The van der Waals surface area contributed by atoms with Gasteiger partial charge in [0.15, 0.2) is 0 Å². The van der Waals surface area contributed by atoms with Crippen molar-refractivity contribution in [2.75, 3.05) is 7.11 Å². The second kappa shape index (κ2) is 5.37. The van der Waals surface area contributed by atoms with Crippen LogP contribution in [0.5, 0.6) is 0 Å². The zero-order valence-electron chi connectivity index (χ0n) is 11.4. The fraction of sp³-hybridized carbons (Fsp3) is 0.188. The smallest absolute Gasteiger partial charge is 0.354 e. The molecular formula is C16H13ClFNO2. The number of carbonyl (C=O) groups excluding carboxylic acids is 1. The van der Waals surface area contributed by atoms with Crippen LogP contribution in [0.4, 0.5) is 4.39 Å². The molecule has 0 amide bonds. The van der Waals surface area contributed by atoms with Gasteiger partial charge in [-0.15, -0.1) is 0 Å². The van der Waals surface area contributed by atoms with Gasteiger partial charge >= 0.3 is 5.97 Å². The minimum atomic E-state index is -0.391. The van der Waals surface area contributed by atoms with Crippen LogP contribution in [0.1, 0.15) is 33.7 Å². The van der Waals surface area contributed by atoms with E-state index in [4.69, 9.17) is 16.3 Å². The lowest BCUT2D eigenvalue weighted by Gasteiger charge is -2.00. The third-order valence-electron chi connectivity index (χ3n) is 3.52. The Morgan fingerprint density at radius 2 is 2.14 bits per heavy atom. The molecular weight excluding hydrogens is 293 g/mol. The number of nitrogens with one attached hydrogen (secondary N) is 1. The van der Waals surface area contributed by atoms with Crippen molar-refractivity contribution in [1.82, 2.24) is 4.98 Å². The number of carbonyl (C=O) groups is 1. The lowest BCUT2D eigenvalue weighted by atomic mass is 10.1. The summed E-state index contributed by atoms with van der Waals surface area (Å²) < 4.78 is 18.1. The molecule has 0 unspecified atom stereocenters. The predicted molar refractivity (Wildman–Crippen MR) is 79.7 cm³/mol. The molecule has 1 aliphatic carbocycles. The van der Waals surface area contributed by atoms with Gasteiger partial charge in [-0.1, -0.05) is 17.7 Å². The predicted octanol–water partition coefficient (Wildman–Crippen LogP) is 4.08. The second-order valence-corrected chi connectivity index (χ2v) is 5.38. The molecule has 0 saturated heterocycles. The number of aryl methyl sites for hydroxylation is 1. The first-order valence-electron chi connectivity index (χ1n) is 6.54. The maximum absolute atomic E-state index is 13.4. The van der Waals surface area contributed by atoms with E-state index in [-0.39, 0.29) is 5.82 Å². The van der Waals surface area contributed by atoms with Crippen LogP contribution in [0.25, 0.3) is 11.6 Å². The van der Waals surface area contributed by atoms with E-state index in [1.165, 1.54) is 19.2 Å². The molecule has 0 saturated carbocycles. The van der Waals surface area contributed by atoms with Crippen LogP contribution in [-0.4, -0.2) is 18.1 Å². The van der Waals surface area contributed by atoms with Gasteiger partial charge in [-0.05, 0) is 53.8 Å². The summed E-state index contributed by atoms with van der Waals surface area (Å²) in [6, 6.07) is 6.20. The van der Waals surface area contributed by atoms with Gasteiger partial charge in [0.1, 0.15) is 11.5 Å². The molecule has 108 valence electrons. The SMILES string of the molecule is COC(=O)c1cc2c([nH]1)CC/C2=C\c1cc(F)cc(Cl)c1. The summed E-state index contributed by atoms with van der Waals surface area (Å²) in [5.41, 5.74) is 4.19. The van der Waals surface area contributed by atoms with Gasteiger partial charge in [-0.25, -0.2) is 9.18 Å². The summed E-state index contributed by atoms with van der Waals surface area (Å²) >= 11 is 5.86. The molecule has 1 aliphatic rings. The third-order valence-corrected chi connectivity index (χ3v) is 3.74. The number of fused-ring (bicyclic) bond motifs is 1. The quantitative estimate of drug-likeness (QED) is 0.849. The van der Waals surface area contributed by atoms with E-state index < -0.39 is 5.97 Å². The number of aromatic nitrogens is 1. The number of H-pyrrole nitrogens is 1. The van der Waals surface area contributed by atoms with Gasteiger partial charge in [-0.3, -0.25) is 0 Å². The van der Waals surface area contributed by atoms with Gasteiger partial charge in [0, 0.05) is 10.7 Å². The highest BCUT2D eigenvalue weighted by Gasteiger charge is 2.22. The standard InChI is InChI=1S/C16H13ClFNO2/c1-21-16(20)15-8-13-10(2-3-14(13)19-15)4-9-5-11(17)7-12(18)6-9/h4-8,19H,2-3H2,1H3/b10-4+. The number of allylic oxidation sites excluding steroid dienone is 1. The Morgan fingerprint density at radius 3 is 2.86 bits per heavy atom. The normalized spacial score (nSPS) is 15.3. The molecule has 1 aromatic heterocycles. The van der Waals surface area contributed by atoms with Crippen molar-refractivity contribution in [2.45, 2.75) is 12.8 Å². The number of methoxy groups -OCH3 is 1. The Kier molecular flexibility index (Phi) is 3.55. The second-order valence-electron chi connectivity index (χ2n) is 4.94. The van der Waals surface area contributed by atoms with Gasteiger partial charge in [0.2, 0.25) is 0 Å². The highest BCUT2D eigenvalue weighted by atomic mass is 35.5. The first kappa shape index (κ1) is 13.9. The van der Waals surface area contributed by atoms with Crippen LogP contribution >= 0.6 is 11.6 Å². The van der Waals surface area contributed by atoms with Gasteiger partial charge < -0.3 is 9.72 Å². The maximum Gasteiger partial charge on any atom is 0.354 e. The van der Waals surface area contributed by atoms with Crippen molar-refractivity contribution in [3.8, 4) is 0 Å². The van der Waals surface area contributed by atoms with E-state index in [2.05, 4.69) is 4.98 Å². The van der Waals surface area contributed by atoms with Crippen LogP contribution in [0, 0.1) is 5.82 Å². The molecule has 0 bridgehead atoms. The van der Waals surface area contributed by atoms with Crippen LogP contribution in [0.2, 0.25) is 5.02 Å². The fourth-order valence-corrected chi connectivity index (χ4v) is 2.84. The highest BCUT2D eigenvalue weighted by molar-refractivity contribution is 6.30. The minimum Gasteiger partial charge on any atom is -0.464 e. The van der Waals surface area contributed by atoms with Gasteiger partial charge in [0.25, 0.3) is 0 Å². The van der Waals surface area contributed by atoms with Gasteiger partial charge in [-0.2, -0.15) is 0 Å². The van der Waals surface area contributed by atoms with Crippen LogP contribution in [-0.2, 0) is 11.2 Å². The number of hydrogen-bond donors (Lipinski definition) is 1. The van der Waals surface area contributed by atoms with Crippen LogP contribution in [0.3, 0.4) is 0 Å². The third kappa shape index (κ3) is 2.72. The van der Waals surface area contributed by atoms with Crippen molar-refractivity contribution in [2.24, 2.45) is 0 Å². The first-order valence-corrected chi connectivity index (χ1v) is 6.92. The maximum atomic E-state index is 13.4. The average molecular weight is 306 g/mol. The molecule has 0 atom stereocenters. The van der Waals surface area contributed by atoms with E-state index in [9.17, 15) is 9.18 Å². The molecule has 5 heteroatoms. The van der Waals surface area contributed by atoms with Crippen molar-refractivity contribution in [3.05, 3.63) is 57.6 Å². The van der Waals surface area contributed by atoms with Crippen molar-refractivity contribution in [1.29, 1.82) is 0 Å². The molecule has 1 N–H and O–H groups in total. The van der Waals surface area contributed by atoms with Crippen molar-refractivity contribution in [3.63, 3.8) is 0 Å². The van der Waals surface area contributed by atoms with E-state index in [1.807, 2.05) is 6.08 Å². The molecule has 0 radical (unpaired) electrons. The van der Waals surface area contributed by atoms with E-state index >= 15 is 0 Å². The molecule has 1 heterocycles. The topological polar surface area (TPSA) is 42.1 Å². The Labute approximate surface area is 126 Å². The number of aromatic amines is 1. The number of esters is 1. The number of rotatable bonds is 2. The fourth-order valence-electron chi connectivity index (χ4n) is 2.60. The van der Waals surface area contributed by atoms with Crippen molar-refractivity contribution < 1.29 is 13.9 Å². The number of halogens is 2. The summed E-state index contributed by atoms with van der Waals surface area (Å²) in [6.07, 6.45) is 3.56. The van der Waals surface area contributed by atoms with E-state index in [1.54, 1.807) is 12.1 Å². The summed E-state index contributed by atoms with van der Waals surface area (Å²) in [6.45, 7) is 0. The zero-order chi connectivity index (χ0) is 15.0. The summed E-state index contributed by atoms with van der Waals surface area (Å²) in [4.78, 5) is 14.6. The Bertz CT molecular complexity index is 728. The monoisotopic (exact) mass is 305 g/mol. The van der Waals surface area contributed by atoms with E-state index in [0.29, 0.717) is 16.3 Å².